The number of nitrogens with zero attached hydrogens (tertiary/aromatic N) is 3. The maximum atomic E-state index is 11.4. The lowest BCUT2D eigenvalue weighted by Crippen LogP contribution is -2.06. The van der Waals surface area contributed by atoms with Gasteiger partial charge in [0, 0.05) is 11.9 Å². The fourth-order valence-electron chi connectivity index (χ4n) is 3.39. The van der Waals surface area contributed by atoms with E-state index in [0.717, 1.165) is 33.7 Å². The molecule has 0 unspecified atom stereocenters. The number of benzene rings is 2. The number of para-hydroxylation sites is 2. The van der Waals surface area contributed by atoms with Gasteiger partial charge < -0.3 is 5.32 Å². The van der Waals surface area contributed by atoms with Crippen LogP contribution in [0.2, 0.25) is 0 Å². The third kappa shape index (κ3) is 3.80. The van der Waals surface area contributed by atoms with Gasteiger partial charge in [0.1, 0.15) is 21.7 Å². The lowest BCUT2D eigenvalue weighted by atomic mass is 10.1. The number of aromatic nitrogens is 2. The molecule has 7 heteroatoms. The first kappa shape index (κ1) is 19.0. The molecule has 0 atom stereocenters. The van der Waals surface area contributed by atoms with E-state index in [-0.39, 0.29) is 5.75 Å². The summed E-state index contributed by atoms with van der Waals surface area (Å²) in [5.74, 6) is 0.949. The van der Waals surface area contributed by atoms with Crippen LogP contribution in [0.4, 0.5) is 11.5 Å². The van der Waals surface area contributed by atoms with E-state index in [4.69, 9.17) is 0 Å². The number of sulfone groups is 1. The predicted molar refractivity (Wildman–Crippen MR) is 115 cm³/mol. The number of nitrogens with one attached hydrogen (secondary N) is 1. The summed E-state index contributed by atoms with van der Waals surface area (Å²) in [7, 11) is -2.98. The fraction of sp³-hybridized carbons (Fsp3) is 0.182. The van der Waals surface area contributed by atoms with Gasteiger partial charge >= 0.3 is 0 Å². The van der Waals surface area contributed by atoms with Crippen molar-refractivity contribution in [2.24, 2.45) is 0 Å². The molecule has 2 heterocycles. The second-order valence-corrected chi connectivity index (χ2v) is 9.42. The topological polar surface area (TPSA) is 87.3 Å². The second-order valence-electron chi connectivity index (χ2n) is 7.16. The van der Waals surface area contributed by atoms with Gasteiger partial charge in [0.05, 0.1) is 22.3 Å². The molecule has 0 saturated carbocycles. The minimum absolute atomic E-state index is 0.135. The van der Waals surface area contributed by atoms with Crippen molar-refractivity contribution in [1.82, 2.24) is 9.38 Å². The van der Waals surface area contributed by atoms with Crippen molar-refractivity contribution in [2.75, 3.05) is 17.3 Å². The minimum atomic E-state index is -2.98. The van der Waals surface area contributed by atoms with Crippen molar-refractivity contribution in [2.45, 2.75) is 13.3 Å². The zero-order chi connectivity index (χ0) is 20.6. The highest BCUT2D eigenvalue weighted by molar-refractivity contribution is 7.90. The number of imidazole rings is 1. The number of anilines is 2. The molecule has 0 bridgehead atoms. The molecule has 4 rings (SSSR count). The summed E-state index contributed by atoms with van der Waals surface area (Å²) in [5.41, 5.74) is 5.62. The molecule has 146 valence electrons. The molecule has 0 aliphatic heterocycles. The Morgan fingerprint density at radius 1 is 1.14 bits per heavy atom. The first-order valence-electron chi connectivity index (χ1n) is 9.20. The highest BCUT2D eigenvalue weighted by Crippen LogP contribution is 2.28. The van der Waals surface area contributed by atoms with Gasteiger partial charge in [-0.2, -0.15) is 5.26 Å². The van der Waals surface area contributed by atoms with Gasteiger partial charge in [-0.25, -0.2) is 13.4 Å². The van der Waals surface area contributed by atoms with Gasteiger partial charge in [0.2, 0.25) is 0 Å². The highest BCUT2D eigenvalue weighted by atomic mass is 32.2. The second kappa shape index (κ2) is 7.22. The maximum absolute atomic E-state index is 11.4. The van der Waals surface area contributed by atoms with Gasteiger partial charge in [0.25, 0.3) is 0 Å². The Morgan fingerprint density at radius 2 is 1.86 bits per heavy atom. The van der Waals surface area contributed by atoms with Gasteiger partial charge in [-0.3, -0.25) is 4.40 Å². The van der Waals surface area contributed by atoms with Crippen molar-refractivity contribution in [3.05, 3.63) is 71.3 Å². The normalized spacial score (nSPS) is 11.6. The molecule has 4 aromatic rings. The summed E-state index contributed by atoms with van der Waals surface area (Å²) in [6, 6.07) is 19.7. The third-order valence-corrected chi connectivity index (χ3v) is 5.82. The van der Waals surface area contributed by atoms with Crippen LogP contribution < -0.4 is 5.32 Å². The Hall–Kier alpha value is -3.37. The smallest absolute Gasteiger partial charge is 0.157 e. The first-order chi connectivity index (χ1) is 13.9. The summed E-state index contributed by atoms with van der Waals surface area (Å²) < 4.78 is 24.7. The van der Waals surface area contributed by atoms with E-state index in [0.29, 0.717) is 17.6 Å². The van der Waals surface area contributed by atoms with E-state index in [9.17, 15) is 13.7 Å². The molecule has 1 N–H and O–H groups in total. The Labute approximate surface area is 169 Å². The summed E-state index contributed by atoms with van der Waals surface area (Å²) in [6.07, 6.45) is 1.74. The molecule has 0 radical (unpaired) electrons. The van der Waals surface area contributed by atoms with Crippen LogP contribution in [0.1, 0.15) is 16.7 Å². The number of hydrogen-bond donors (Lipinski definition) is 1. The van der Waals surface area contributed by atoms with Crippen LogP contribution in [0.5, 0.6) is 0 Å². The molecule has 29 heavy (non-hydrogen) atoms. The van der Waals surface area contributed by atoms with E-state index in [1.807, 2.05) is 65.9 Å². The molecule has 0 aliphatic carbocycles. The molecule has 6 nitrogen and oxygen atoms in total. The zero-order valence-electron chi connectivity index (χ0n) is 16.2. The number of fused-ring (bicyclic) bond motifs is 3. The van der Waals surface area contributed by atoms with Crippen LogP contribution >= 0.6 is 0 Å². The molecule has 0 spiro atoms. The number of nitriles is 1. The van der Waals surface area contributed by atoms with Crippen LogP contribution in [-0.2, 0) is 16.3 Å². The average Bonchev–Trinajstić information content (AvgIpc) is 3.06. The largest absolute Gasteiger partial charge is 0.341 e. The standard InChI is InChI=1S/C22H20N4O2S/c1-15-13-21(24-17-9-7-16(8-10-17)11-12-29(2,27)28)26-20-6-4-3-5-19(20)25-22(26)18(15)14-23/h3-10,13,24H,11-12H2,1-2H3. The van der Waals surface area contributed by atoms with E-state index < -0.39 is 9.84 Å². The van der Waals surface area contributed by atoms with Crippen molar-refractivity contribution in [3.63, 3.8) is 0 Å². The van der Waals surface area contributed by atoms with Crippen LogP contribution in [-0.4, -0.2) is 29.8 Å². The lowest BCUT2D eigenvalue weighted by Gasteiger charge is -2.13. The summed E-state index contributed by atoms with van der Waals surface area (Å²) >= 11 is 0. The van der Waals surface area contributed by atoms with Crippen molar-refractivity contribution in [3.8, 4) is 6.07 Å². The van der Waals surface area contributed by atoms with Crippen LogP contribution in [0.15, 0.2) is 54.6 Å². The van der Waals surface area contributed by atoms with Crippen molar-refractivity contribution < 1.29 is 8.42 Å². The Bertz CT molecular complexity index is 1360. The van der Waals surface area contributed by atoms with Gasteiger partial charge in [-0.15, -0.1) is 0 Å². The summed E-state index contributed by atoms with van der Waals surface area (Å²) in [5, 5.41) is 13.0. The van der Waals surface area contributed by atoms with Crippen LogP contribution in [0.3, 0.4) is 0 Å². The Kier molecular flexibility index (Phi) is 4.73. The Morgan fingerprint density at radius 3 is 2.55 bits per heavy atom. The quantitative estimate of drug-likeness (QED) is 0.543. The molecular formula is C22H20N4O2S. The number of aryl methyl sites for hydroxylation is 2. The van der Waals surface area contributed by atoms with Gasteiger partial charge in [0.15, 0.2) is 5.65 Å². The van der Waals surface area contributed by atoms with Crippen LogP contribution in [0, 0.1) is 18.3 Å². The molecular weight excluding hydrogens is 384 g/mol. The molecule has 0 amide bonds. The number of hydrogen-bond acceptors (Lipinski definition) is 5. The van der Waals surface area contributed by atoms with E-state index in [2.05, 4.69) is 16.4 Å². The third-order valence-electron chi connectivity index (χ3n) is 4.87. The van der Waals surface area contributed by atoms with Gasteiger partial charge in [-0.05, 0) is 54.8 Å². The van der Waals surface area contributed by atoms with Gasteiger partial charge in [-0.1, -0.05) is 24.3 Å². The van der Waals surface area contributed by atoms with E-state index in [1.165, 1.54) is 6.26 Å². The monoisotopic (exact) mass is 404 g/mol. The average molecular weight is 404 g/mol. The minimum Gasteiger partial charge on any atom is -0.341 e. The molecule has 2 aromatic heterocycles. The van der Waals surface area contributed by atoms with Crippen LogP contribution in [0.25, 0.3) is 16.7 Å². The van der Waals surface area contributed by atoms with E-state index in [1.54, 1.807) is 0 Å². The molecule has 0 fully saturated rings. The lowest BCUT2D eigenvalue weighted by molar-refractivity contribution is 0.601. The molecule has 2 aromatic carbocycles. The predicted octanol–water partition coefficient (Wildman–Crippen LogP) is 4.00. The Balaban J connectivity index is 1.74. The summed E-state index contributed by atoms with van der Waals surface area (Å²) in [6.45, 7) is 1.90. The number of pyridine rings is 1. The van der Waals surface area contributed by atoms with Crippen molar-refractivity contribution in [1.29, 1.82) is 5.26 Å². The number of rotatable bonds is 5. The van der Waals surface area contributed by atoms with Crippen molar-refractivity contribution >= 4 is 38.0 Å². The first-order valence-corrected chi connectivity index (χ1v) is 11.3. The maximum Gasteiger partial charge on any atom is 0.157 e. The fourth-order valence-corrected chi connectivity index (χ4v) is 4.00. The zero-order valence-corrected chi connectivity index (χ0v) is 17.0. The molecule has 0 aliphatic rings. The van der Waals surface area contributed by atoms with E-state index >= 15 is 0 Å². The summed E-state index contributed by atoms with van der Waals surface area (Å²) in [4.78, 5) is 4.65. The highest BCUT2D eigenvalue weighted by Gasteiger charge is 2.15. The SMILES string of the molecule is Cc1cc(Nc2ccc(CCS(C)(=O)=O)cc2)n2c(nc3ccccc32)c1C#N. The molecule has 0 saturated heterocycles.